The van der Waals surface area contributed by atoms with E-state index in [2.05, 4.69) is 200 Å². The van der Waals surface area contributed by atoms with Crippen molar-refractivity contribution in [3.8, 4) is 0 Å². The van der Waals surface area contributed by atoms with Gasteiger partial charge in [0.1, 0.15) is 0 Å². The molecule has 2 nitrogen and oxygen atoms in total. The zero-order valence-corrected chi connectivity index (χ0v) is 33.7. The minimum absolute atomic E-state index is 0. The number of hydrogen-bond donors (Lipinski definition) is 0. The molecule has 8 rings (SSSR count). The van der Waals surface area contributed by atoms with E-state index < -0.39 is 15.8 Å². The van der Waals surface area contributed by atoms with Crippen molar-refractivity contribution in [3.63, 3.8) is 0 Å². The average Bonchev–Trinajstić information content (AvgIpc) is 3.91. The molecule has 1 fully saturated rings. The summed E-state index contributed by atoms with van der Waals surface area (Å²) in [5, 5.41) is 8.39. The zero-order valence-electron chi connectivity index (χ0n) is 30.2. The van der Waals surface area contributed by atoms with E-state index in [9.17, 15) is 0 Å². The Bertz CT molecular complexity index is 1560. The molecule has 6 aromatic rings. The topological polar surface area (TPSA) is 21.6 Å². The van der Waals surface area contributed by atoms with Crippen molar-refractivity contribution >= 4 is 54.1 Å². The van der Waals surface area contributed by atoms with E-state index in [-0.39, 0.29) is 31.1 Å². The van der Waals surface area contributed by atoms with Gasteiger partial charge in [0.05, 0.1) is 11.6 Å². The zero-order chi connectivity index (χ0) is 36.3. The standard InChI is InChI=1S/2C18H15P.C7H10NO.C5H5.Ru/c2*1-4-10-16(11-5-1)19(17-12-6-2-7-13-17)18-14-8-3-9-15-18;1-4-6-7(2,3)9-5-8-6;1-2-4-5-3-1;/h2*1-15H;4,6H,1H2,2-3H3;1-5H;/q;;-1;;+2. The van der Waals surface area contributed by atoms with Gasteiger partial charge in [-0.15, -0.1) is 6.58 Å². The molecule has 2 aliphatic rings. The molecule has 5 radical (unpaired) electrons. The quantitative estimate of drug-likeness (QED) is 0.0683. The Hall–Kier alpha value is -3.99. The molecule has 0 spiro atoms. The predicted octanol–water partition coefficient (Wildman–Crippen LogP) is 9.16. The summed E-state index contributed by atoms with van der Waals surface area (Å²) < 4.78 is 5.06. The van der Waals surface area contributed by atoms with Crippen LogP contribution in [0.3, 0.4) is 0 Å². The van der Waals surface area contributed by atoms with E-state index in [4.69, 9.17) is 4.74 Å². The van der Waals surface area contributed by atoms with Gasteiger partial charge in [0.2, 0.25) is 0 Å². The van der Waals surface area contributed by atoms with Crippen molar-refractivity contribution in [1.29, 1.82) is 0 Å². The third-order valence-electron chi connectivity index (χ3n) is 8.08. The van der Waals surface area contributed by atoms with Crippen LogP contribution in [0.5, 0.6) is 0 Å². The maximum absolute atomic E-state index is 5.06. The molecule has 0 aromatic heterocycles. The van der Waals surface area contributed by atoms with Gasteiger partial charge >= 0.3 is 19.5 Å². The molecular formula is C48H45NOP2Ru+. The average molecular weight is 815 g/mol. The van der Waals surface area contributed by atoms with Crippen LogP contribution in [0.4, 0.5) is 0 Å². The molecule has 0 amide bonds. The van der Waals surface area contributed by atoms with Crippen LogP contribution >= 0.6 is 15.8 Å². The first-order valence-electron chi connectivity index (χ1n) is 17.4. The SMILES string of the molecule is C=CC1N=[C-]OC1(C)C.[CH]1[CH][CH][CH][CH]1.[Ru+2].c1ccc(P(c2ccccc2)c2ccccc2)cc1.c1ccc(P(c2ccccc2)c2ccccc2)cc1. The summed E-state index contributed by atoms with van der Waals surface area (Å²) in [6.07, 6.45) is 14.2. The molecule has 1 saturated carbocycles. The third-order valence-corrected chi connectivity index (χ3v) is 13.0. The summed E-state index contributed by atoms with van der Waals surface area (Å²) in [5.41, 5.74) is -0.234. The van der Waals surface area contributed by atoms with Crippen LogP contribution < -0.4 is 31.8 Å². The van der Waals surface area contributed by atoms with Crippen LogP contribution in [-0.2, 0) is 24.2 Å². The molecule has 6 aromatic carbocycles. The van der Waals surface area contributed by atoms with Crippen molar-refractivity contribution in [2.24, 2.45) is 4.99 Å². The molecule has 0 N–H and O–H groups in total. The van der Waals surface area contributed by atoms with E-state index in [1.807, 2.05) is 46.0 Å². The summed E-state index contributed by atoms with van der Waals surface area (Å²) in [7, 11) is -0.892. The maximum Gasteiger partial charge on any atom is 2.00 e. The van der Waals surface area contributed by atoms with Crippen molar-refractivity contribution < 1.29 is 24.2 Å². The largest absolute Gasteiger partial charge is 2.00 e. The molecule has 1 aliphatic carbocycles. The first kappa shape index (κ1) is 41.8. The number of hydrogen-bond acceptors (Lipinski definition) is 2. The Morgan fingerprint density at radius 3 is 0.849 bits per heavy atom. The Kier molecular flexibility index (Phi) is 18.1. The summed E-state index contributed by atoms with van der Waals surface area (Å²) in [6, 6.07) is 64.7. The van der Waals surface area contributed by atoms with Crippen molar-refractivity contribution in [3.05, 3.63) is 227 Å². The summed E-state index contributed by atoms with van der Waals surface area (Å²) in [4.78, 5) is 3.92. The van der Waals surface area contributed by atoms with Gasteiger partial charge in [0.25, 0.3) is 0 Å². The third kappa shape index (κ3) is 13.1. The second-order valence-corrected chi connectivity index (χ2v) is 16.7. The molecule has 0 bridgehead atoms. The summed E-state index contributed by atoms with van der Waals surface area (Å²) in [5.74, 6) is 0. The van der Waals surface area contributed by atoms with Crippen LogP contribution in [-0.4, -0.2) is 18.0 Å². The van der Waals surface area contributed by atoms with Gasteiger partial charge in [-0.05, 0) is 93.6 Å². The minimum Gasteiger partial charge on any atom is -0.669 e. The van der Waals surface area contributed by atoms with Crippen LogP contribution in [0.1, 0.15) is 13.8 Å². The van der Waals surface area contributed by atoms with E-state index >= 15 is 0 Å². The van der Waals surface area contributed by atoms with E-state index in [1.54, 1.807) is 6.08 Å². The second-order valence-electron chi connectivity index (χ2n) is 12.3. The van der Waals surface area contributed by atoms with Crippen molar-refractivity contribution in [2.75, 3.05) is 0 Å². The van der Waals surface area contributed by atoms with Gasteiger partial charge in [-0.1, -0.05) is 188 Å². The van der Waals surface area contributed by atoms with Crippen LogP contribution in [0.15, 0.2) is 200 Å². The van der Waals surface area contributed by atoms with Crippen LogP contribution in [0.25, 0.3) is 0 Å². The monoisotopic (exact) mass is 815 g/mol. The first-order chi connectivity index (χ1) is 25.6. The van der Waals surface area contributed by atoms with Gasteiger partial charge in [-0.3, -0.25) is 0 Å². The number of rotatable bonds is 7. The van der Waals surface area contributed by atoms with Crippen LogP contribution in [0.2, 0.25) is 0 Å². The van der Waals surface area contributed by atoms with Gasteiger partial charge in [-0.25, -0.2) is 6.40 Å². The Morgan fingerprint density at radius 1 is 0.472 bits per heavy atom. The van der Waals surface area contributed by atoms with Gasteiger partial charge in [0.15, 0.2) is 0 Å². The van der Waals surface area contributed by atoms with Crippen LogP contribution in [0, 0.1) is 32.1 Å². The van der Waals surface area contributed by atoms with Crippen molar-refractivity contribution in [1.82, 2.24) is 0 Å². The Labute approximate surface area is 333 Å². The molecule has 265 valence electrons. The van der Waals surface area contributed by atoms with Gasteiger partial charge in [-0.2, -0.15) is 0 Å². The minimum atomic E-state index is -0.446. The Balaban J connectivity index is 0.000000173. The van der Waals surface area contributed by atoms with Crippen molar-refractivity contribution in [2.45, 2.75) is 25.5 Å². The molecule has 1 aliphatic heterocycles. The predicted molar refractivity (Wildman–Crippen MR) is 228 cm³/mol. The molecular weight excluding hydrogens is 770 g/mol. The van der Waals surface area contributed by atoms with Gasteiger partial charge in [0, 0.05) is 0 Å². The number of aliphatic imine (C=N–C) groups is 1. The number of ether oxygens (including phenoxy) is 1. The van der Waals surface area contributed by atoms with E-state index in [0.717, 1.165) is 0 Å². The second kappa shape index (κ2) is 22.9. The smallest absolute Gasteiger partial charge is 0.669 e. The molecule has 1 atom stereocenters. The molecule has 1 heterocycles. The molecule has 5 heteroatoms. The van der Waals surface area contributed by atoms with E-state index in [0.29, 0.717) is 0 Å². The first-order valence-corrected chi connectivity index (χ1v) is 20.1. The molecule has 1 unspecified atom stereocenters. The fraction of sp³-hybridized carbons (Fsp3) is 0.0833. The molecule has 53 heavy (non-hydrogen) atoms. The van der Waals surface area contributed by atoms with Gasteiger partial charge < -0.3 is 9.73 Å². The van der Waals surface area contributed by atoms with E-state index in [1.165, 1.54) is 31.8 Å². The normalized spacial score (nSPS) is 14.9. The molecule has 0 saturated heterocycles. The Morgan fingerprint density at radius 2 is 0.698 bits per heavy atom. The summed E-state index contributed by atoms with van der Waals surface area (Å²) in [6.45, 7) is 7.55. The number of nitrogens with zero attached hydrogens (tertiary/aromatic N) is 1. The fourth-order valence-electron chi connectivity index (χ4n) is 5.43. The fourth-order valence-corrected chi connectivity index (χ4v) is 10.0. The maximum atomic E-state index is 5.06. The summed E-state index contributed by atoms with van der Waals surface area (Å²) >= 11 is 0. The number of benzene rings is 6.